The molecule has 1 unspecified atom stereocenters. The van der Waals surface area contributed by atoms with Gasteiger partial charge in [0.05, 0.1) is 18.4 Å². The van der Waals surface area contributed by atoms with E-state index in [0.717, 1.165) is 5.56 Å². The minimum Gasteiger partial charge on any atom is -0.497 e. The van der Waals surface area contributed by atoms with Crippen molar-refractivity contribution >= 4 is 11.8 Å². The first-order valence-electron chi connectivity index (χ1n) is 7.61. The molecule has 0 bridgehead atoms. The molecule has 0 spiro atoms. The minimum absolute atomic E-state index is 0.403. The number of aliphatic hydroxyl groups is 1. The van der Waals surface area contributed by atoms with Crippen molar-refractivity contribution in [1.82, 2.24) is 0 Å². The van der Waals surface area contributed by atoms with E-state index in [1.54, 1.807) is 24.1 Å². The van der Waals surface area contributed by atoms with Crippen LogP contribution in [0.4, 0.5) is 10.5 Å². The van der Waals surface area contributed by atoms with Gasteiger partial charge in [0.2, 0.25) is 0 Å². The monoisotopic (exact) mass is 307 g/mol. The third kappa shape index (κ3) is 3.19. The Morgan fingerprint density at radius 3 is 2.64 bits per heavy atom. The lowest BCUT2D eigenvalue weighted by Gasteiger charge is -2.40. The van der Waals surface area contributed by atoms with E-state index >= 15 is 0 Å². The van der Waals surface area contributed by atoms with Crippen molar-refractivity contribution in [3.05, 3.63) is 23.8 Å². The lowest BCUT2D eigenvalue weighted by Crippen LogP contribution is -2.45. The highest BCUT2D eigenvalue weighted by Crippen LogP contribution is 2.42. The number of methoxy groups -OCH3 is 1. The first kappa shape index (κ1) is 16.6. The van der Waals surface area contributed by atoms with E-state index in [4.69, 9.17) is 9.47 Å². The predicted octanol–water partition coefficient (Wildman–Crippen LogP) is 3.44. The molecule has 1 heterocycles. The van der Waals surface area contributed by atoms with Crippen LogP contribution in [0.15, 0.2) is 18.2 Å². The van der Waals surface area contributed by atoms with E-state index in [1.807, 2.05) is 33.8 Å². The summed E-state index contributed by atoms with van der Waals surface area (Å²) in [5.74, 6) is 0.646. The molecular weight excluding hydrogens is 282 g/mol. The largest absolute Gasteiger partial charge is 0.497 e. The summed E-state index contributed by atoms with van der Waals surface area (Å²) < 4.78 is 10.7. The standard InChI is InChI=1S/C17H25NO4/c1-6-17(20)9-10-18(15(19)22-16(2,3)4)14-11-12(21-5)7-8-13(14)17/h7-8,11,20H,6,9-10H2,1-5H3. The molecule has 122 valence electrons. The van der Waals surface area contributed by atoms with E-state index < -0.39 is 17.3 Å². The molecule has 0 radical (unpaired) electrons. The fourth-order valence-corrected chi connectivity index (χ4v) is 2.68. The molecule has 22 heavy (non-hydrogen) atoms. The zero-order valence-electron chi connectivity index (χ0n) is 14.0. The molecule has 2 rings (SSSR count). The van der Waals surface area contributed by atoms with Gasteiger partial charge in [-0.2, -0.15) is 0 Å². The van der Waals surface area contributed by atoms with Crippen molar-refractivity contribution in [3.63, 3.8) is 0 Å². The number of hydrogen-bond acceptors (Lipinski definition) is 4. The molecule has 0 aromatic heterocycles. The van der Waals surface area contributed by atoms with Crippen molar-refractivity contribution in [3.8, 4) is 5.75 Å². The van der Waals surface area contributed by atoms with Crippen LogP contribution in [0.5, 0.6) is 5.75 Å². The summed E-state index contributed by atoms with van der Waals surface area (Å²) in [4.78, 5) is 14.0. The lowest BCUT2D eigenvalue weighted by atomic mass is 9.83. The van der Waals surface area contributed by atoms with Crippen LogP contribution in [0.1, 0.15) is 46.1 Å². The number of fused-ring (bicyclic) bond motifs is 1. The maximum Gasteiger partial charge on any atom is 0.414 e. The summed E-state index contributed by atoms with van der Waals surface area (Å²) in [5.41, 5.74) is -0.0773. The highest BCUT2D eigenvalue weighted by Gasteiger charge is 2.39. The number of rotatable bonds is 2. The molecule has 1 aromatic carbocycles. The van der Waals surface area contributed by atoms with Gasteiger partial charge in [-0.1, -0.05) is 13.0 Å². The second-order valence-corrected chi connectivity index (χ2v) is 6.65. The Morgan fingerprint density at radius 2 is 2.09 bits per heavy atom. The molecule has 5 heteroatoms. The maximum absolute atomic E-state index is 12.5. The van der Waals surface area contributed by atoms with E-state index in [1.165, 1.54) is 0 Å². The van der Waals surface area contributed by atoms with Crippen LogP contribution in [-0.2, 0) is 10.3 Å². The number of hydrogen-bond donors (Lipinski definition) is 1. The SMILES string of the molecule is CCC1(O)CCN(C(=O)OC(C)(C)C)c2cc(OC)ccc21. The Hall–Kier alpha value is -1.75. The van der Waals surface area contributed by atoms with Crippen molar-refractivity contribution in [2.24, 2.45) is 0 Å². The van der Waals surface area contributed by atoms with Crippen LogP contribution in [0, 0.1) is 0 Å². The van der Waals surface area contributed by atoms with Gasteiger partial charge in [-0.05, 0) is 39.7 Å². The van der Waals surface area contributed by atoms with E-state index in [-0.39, 0.29) is 0 Å². The summed E-state index contributed by atoms with van der Waals surface area (Å²) in [6, 6.07) is 5.41. The quantitative estimate of drug-likeness (QED) is 0.909. The number of nitrogens with zero attached hydrogens (tertiary/aromatic N) is 1. The molecular formula is C17H25NO4. The second kappa shape index (κ2) is 5.80. The number of carbonyl (C=O) groups excluding carboxylic acids is 1. The molecule has 1 aromatic rings. The third-order valence-electron chi connectivity index (χ3n) is 3.94. The average molecular weight is 307 g/mol. The number of amides is 1. The smallest absolute Gasteiger partial charge is 0.414 e. The van der Waals surface area contributed by atoms with E-state index in [9.17, 15) is 9.90 Å². The molecule has 1 aliphatic rings. The van der Waals surface area contributed by atoms with Crippen LogP contribution < -0.4 is 9.64 Å². The Morgan fingerprint density at radius 1 is 1.41 bits per heavy atom. The Kier molecular flexibility index (Phi) is 4.38. The average Bonchev–Trinajstić information content (AvgIpc) is 2.45. The summed E-state index contributed by atoms with van der Waals surface area (Å²) in [7, 11) is 1.58. The van der Waals surface area contributed by atoms with Gasteiger partial charge in [0.15, 0.2) is 0 Å². The number of ether oxygens (including phenoxy) is 2. The normalized spacial score (nSPS) is 21.3. The first-order valence-corrected chi connectivity index (χ1v) is 7.61. The first-order chi connectivity index (χ1) is 10.2. The highest BCUT2D eigenvalue weighted by atomic mass is 16.6. The number of benzene rings is 1. The summed E-state index contributed by atoms with van der Waals surface area (Å²) in [6.45, 7) is 7.87. The number of anilines is 1. The number of carbonyl (C=O) groups is 1. The van der Waals surface area contributed by atoms with Crippen LogP contribution in [0.3, 0.4) is 0 Å². The van der Waals surface area contributed by atoms with Gasteiger partial charge in [0, 0.05) is 18.2 Å². The Balaban J connectivity index is 2.44. The van der Waals surface area contributed by atoms with Gasteiger partial charge in [0.25, 0.3) is 0 Å². The summed E-state index contributed by atoms with van der Waals surface area (Å²) >= 11 is 0. The molecule has 1 atom stereocenters. The zero-order valence-corrected chi connectivity index (χ0v) is 14.0. The predicted molar refractivity (Wildman–Crippen MR) is 85.4 cm³/mol. The molecule has 1 aliphatic heterocycles. The molecule has 0 fully saturated rings. The Labute approximate surface area is 131 Å². The molecule has 1 N–H and O–H groups in total. The third-order valence-corrected chi connectivity index (χ3v) is 3.94. The van der Waals surface area contributed by atoms with Crippen LogP contribution >= 0.6 is 0 Å². The molecule has 0 saturated carbocycles. The van der Waals surface area contributed by atoms with Crippen molar-refractivity contribution in [2.45, 2.75) is 51.7 Å². The summed E-state index contributed by atoms with van der Waals surface area (Å²) in [5, 5.41) is 10.8. The molecule has 0 saturated heterocycles. The van der Waals surface area contributed by atoms with E-state index in [0.29, 0.717) is 30.8 Å². The van der Waals surface area contributed by atoms with Gasteiger partial charge in [0.1, 0.15) is 11.4 Å². The van der Waals surface area contributed by atoms with Gasteiger partial charge in [-0.15, -0.1) is 0 Å². The molecule has 5 nitrogen and oxygen atoms in total. The second-order valence-electron chi connectivity index (χ2n) is 6.65. The molecule has 1 amide bonds. The maximum atomic E-state index is 12.5. The topological polar surface area (TPSA) is 59.0 Å². The van der Waals surface area contributed by atoms with Gasteiger partial charge in [-0.25, -0.2) is 4.79 Å². The van der Waals surface area contributed by atoms with E-state index in [2.05, 4.69) is 0 Å². The van der Waals surface area contributed by atoms with Crippen LogP contribution in [-0.4, -0.2) is 30.5 Å². The lowest BCUT2D eigenvalue weighted by molar-refractivity contribution is 0.0183. The fourth-order valence-electron chi connectivity index (χ4n) is 2.68. The highest BCUT2D eigenvalue weighted by molar-refractivity contribution is 5.90. The van der Waals surface area contributed by atoms with Gasteiger partial charge < -0.3 is 14.6 Å². The van der Waals surface area contributed by atoms with Gasteiger partial charge in [-0.3, -0.25) is 4.90 Å². The Bertz CT molecular complexity index is 564. The molecule has 0 aliphatic carbocycles. The van der Waals surface area contributed by atoms with Crippen molar-refractivity contribution in [1.29, 1.82) is 0 Å². The fraction of sp³-hybridized carbons (Fsp3) is 0.588. The minimum atomic E-state index is -0.917. The van der Waals surface area contributed by atoms with Crippen LogP contribution in [0.2, 0.25) is 0 Å². The van der Waals surface area contributed by atoms with Crippen molar-refractivity contribution < 1.29 is 19.4 Å². The van der Waals surface area contributed by atoms with Gasteiger partial charge >= 0.3 is 6.09 Å². The van der Waals surface area contributed by atoms with Crippen molar-refractivity contribution in [2.75, 3.05) is 18.6 Å². The zero-order chi connectivity index (χ0) is 16.5. The summed E-state index contributed by atoms with van der Waals surface area (Å²) in [6.07, 6.45) is 0.677. The van der Waals surface area contributed by atoms with Crippen LogP contribution in [0.25, 0.3) is 0 Å².